The van der Waals surface area contributed by atoms with E-state index < -0.39 is 0 Å². The molecule has 7 heteroatoms. The van der Waals surface area contributed by atoms with Crippen LogP contribution < -0.4 is 10.6 Å². The van der Waals surface area contributed by atoms with E-state index in [-0.39, 0.29) is 24.4 Å². The number of piperidine rings is 1. The van der Waals surface area contributed by atoms with Gasteiger partial charge in [-0.25, -0.2) is 9.67 Å². The summed E-state index contributed by atoms with van der Waals surface area (Å²) in [6.07, 6.45) is 5.28. The van der Waals surface area contributed by atoms with Gasteiger partial charge in [-0.2, -0.15) is 5.10 Å². The number of aryl methyl sites for hydroxylation is 1. The largest absolute Gasteiger partial charge is 0.348 e. The number of hydrogen-bond donors (Lipinski definition) is 2. The van der Waals surface area contributed by atoms with Gasteiger partial charge >= 0.3 is 0 Å². The topological polar surface area (TPSA) is 71.8 Å². The molecule has 1 saturated heterocycles. The van der Waals surface area contributed by atoms with E-state index in [4.69, 9.17) is 0 Å². The lowest BCUT2D eigenvalue weighted by Gasteiger charge is -2.24. The van der Waals surface area contributed by atoms with E-state index in [1.54, 1.807) is 11.0 Å². The molecule has 1 fully saturated rings. The first-order valence-electron chi connectivity index (χ1n) is 7.21. The van der Waals surface area contributed by atoms with Crippen molar-refractivity contribution in [3.8, 4) is 5.69 Å². The zero-order valence-corrected chi connectivity index (χ0v) is 13.3. The lowest BCUT2D eigenvalue weighted by atomic mass is 10.0. The Hall–Kier alpha value is -1.92. The van der Waals surface area contributed by atoms with Crippen molar-refractivity contribution in [1.29, 1.82) is 0 Å². The van der Waals surface area contributed by atoms with Crippen LogP contribution in [-0.4, -0.2) is 39.8 Å². The smallest absolute Gasteiger partial charge is 0.251 e. The standard InChI is InChI=1S/C15H19N5O.ClH/c1-11-7-13(20-10-17-9-18-20)4-5-14(11)15(21)19-12-3-2-6-16-8-12;/h4-5,7,9-10,12,16H,2-3,6,8H2,1H3,(H,19,21);1H/t12-;/m0./s1. The third-order valence-corrected chi connectivity index (χ3v) is 3.77. The Morgan fingerprint density at radius 1 is 1.45 bits per heavy atom. The molecule has 0 bridgehead atoms. The maximum absolute atomic E-state index is 12.4. The van der Waals surface area contributed by atoms with Crippen LogP contribution in [0.3, 0.4) is 0 Å². The summed E-state index contributed by atoms with van der Waals surface area (Å²) in [4.78, 5) is 16.3. The lowest BCUT2D eigenvalue weighted by molar-refractivity contribution is 0.0930. The number of nitrogens with zero attached hydrogens (tertiary/aromatic N) is 3. The van der Waals surface area contributed by atoms with E-state index in [1.807, 2.05) is 25.1 Å². The van der Waals surface area contributed by atoms with Crippen LogP contribution in [-0.2, 0) is 0 Å². The average molecular weight is 322 g/mol. The van der Waals surface area contributed by atoms with Crippen LogP contribution in [0.25, 0.3) is 5.69 Å². The maximum Gasteiger partial charge on any atom is 0.251 e. The summed E-state index contributed by atoms with van der Waals surface area (Å²) in [5.41, 5.74) is 2.55. The summed E-state index contributed by atoms with van der Waals surface area (Å²) < 4.78 is 1.68. The van der Waals surface area contributed by atoms with Crippen LogP contribution in [0.4, 0.5) is 0 Å². The highest BCUT2D eigenvalue weighted by molar-refractivity contribution is 5.96. The highest BCUT2D eigenvalue weighted by atomic mass is 35.5. The second kappa shape index (κ2) is 7.38. The Bertz CT molecular complexity index is 623. The minimum Gasteiger partial charge on any atom is -0.348 e. The molecular formula is C15H20ClN5O. The minimum absolute atomic E-state index is 0. The van der Waals surface area contributed by atoms with Crippen molar-refractivity contribution in [2.45, 2.75) is 25.8 Å². The van der Waals surface area contributed by atoms with Gasteiger partial charge in [-0.15, -0.1) is 12.4 Å². The molecule has 2 heterocycles. The van der Waals surface area contributed by atoms with Gasteiger partial charge in [0.05, 0.1) is 5.69 Å². The molecular weight excluding hydrogens is 302 g/mol. The number of halogens is 1. The van der Waals surface area contributed by atoms with Gasteiger partial charge in [0.15, 0.2) is 0 Å². The zero-order chi connectivity index (χ0) is 14.7. The molecule has 1 aromatic carbocycles. The number of aromatic nitrogens is 3. The fraction of sp³-hybridized carbons (Fsp3) is 0.400. The number of amides is 1. The van der Waals surface area contributed by atoms with Crippen molar-refractivity contribution in [3.05, 3.63) is 42.0 Å². The molecule has 1 aromatic heterocycles. The first kappa shape index (κ1) is 16.5. The van der Waals surface area contributed by atoms with Gasteiger partial charge in [-0.1, -0.05) is 0 Å². The van der Waals surface area contributed by atoms with Crippen LogP contribution in [0.2, 0.25) is 0 Å². The molecule has 1 aliphatic heterocycles. The second-order valence-corrected chi connectivity index (χ2v) is 5.36. The van der Waals surface area contributed by atoms with E-state index in [0.717, 1.165) is 37.2 Å². The maximum atomic E-state index is 12.4. The van der Waals surface area contributed by atoms with Crippen molar-refractivity contribution in [3.63, 3.8) is 0 Å². The SMILES string of the molecule is Cc1cc(-n2cncn2)ccc1C(=O)N[C@H]1CCCNC1.Cl. The van der Waals surface area contributed by atoms with Crippen molar-refractivity contribution in [2.24, 2.45) is 0 Å². The Balaban J connectivity index is 0.00000176. The van der Waals surface area contributed by atoms with E-state index in [1.165, 1.54) is 6.33 Å². The summed E-state index contributed by atoms with van der Waals surface area (Å²) in [6.45, 7) is 3.83. The van der Waals surface area contributed by atoms with Crippen LogP contribution >= 0.6 is 12.4 Å². The molecule has 2 N–H and O–H groups in total. The van der Waals surface area contributed by atoms with Gasteiger partial charge in [0.2, 0.25) is 0 Å². The minimum atomic E-state index is -0.00802. The Morgan fingerprint density at radius 3 is 2.95 bits per heavy atom. The van der Waals surface area contributed by atoms with Gasteiger partial charge in [0.25, 0.3) is 5.91 Å². The predicted molar refractivity (Wildman–Crippen MR) is 86.7 cm³/mol. The predicted octanol–water partition coefficient (Wildman–Crippen LogP) is 1.48. The molecule has 0 spiro atoms. The van der Waals surface area contributed by atoms with Gasteiger partial charge < -0.3 is 10.6 Å². The highest BCUT2D eigenvalue weighted by Gasteiger charge is 2.17. The van der Waals surface area contributed by atoms with Gasteiger partial charge in [-0.05, 0) is 50.1 Å². The Labute approximate surface area is 135 Å². The monoisotopic (exact) mass is 321 g/mol. The van der Waals surface area contributed by atoms with Crippen LogP contribution in [0.15, 0.2) is 30.9 Å². The second-order valence-electron chi connectivity index (χ2n) is 5.36. The van der Waals surface area contributed by atoms with E-state index >= 15 is 0 Å². The van der Waals surface area contributed by atoms with Crippen LogP contribution in [0.5, 0.6) is 0 Å². The number of hydrogen-bond acceptors (Lipinski definition) is 4. The molecule has 1 aliphatic rings. The van der Waals surface area contributed by atoms with Crippen LogP contribution in [0.1, 0.15) is 28.8 Å². The van der Waals surface area contributed by atoms with Gasteiger partial charge in [0.1, 0.15) is 12.7 Å². The molecule has 22 heavy (non-hydrogen) atoms. The van der Waals surface area contributed by atoms with Crippen molar-refractivity contribution < 1.29 is 4.79 Å². The molecule has 118 valence electrons. The molecule has 0 unspecified atom stereocenters. The summed E-state index contributed by atoms with van der Waals surface area (Å²) in [5, 5.41) is 10.5. The highest BCUT2D eigenvalue weighted by Crippen LogP contribution is 2.14. The molecule has 1 atom stereocenters. The summed E-state index contributed by atoms with van der Waals surface area (Å²) in [7, 11) is 0. The Kier molecular flexibility index (Phi) is 5.51. The van der Waals surface area contributed by atoms with E-state index in [9.17, 15) is 4.79 Å². The number of carbonyl (C=O) groups is 1. The van der Waals surface area contributed by atoms with Crippen molar-refractivity contribution in [1.82, 2.24) is 25.4 Å². The van der Waals surface area contributed by atoms with Gasteiger partial charge in [-0.3, -0.25) is 4.79 Å². The molecule has 6 nitrogen and oxygen atoms in total. The summed E-state index contributed by atoms with van der Waals surface area (Å²) >= 11 is 0. The fourth-order valence-electron chi connectivity index (χ4n) is 2.62. The van der Waals surface area contributed by atoms with Crippen molar-refractivity contribution >= 4 is 18.3 Å². The molecule has 0 aliphatic carbocycles. The van der Waals surface area contributed by atoms with E-state index in [2.05, 4.69) is 20.7 Å². The molecule has 0 radical (unpaired) electrons. The molecule has 2 aromatic rings. The molecule has 0 saturated carbocycles. The zero-order valence-electron chi connectivity index (χ0n) is 12.5. The third kappa shape index (κ3) is 3.64. The van der Waals surface area contributed by atoms with Crippen molar-refractivity contribution in [2.75, 3.05) is 13.1 Å². The molecule has 3 rings (SSSR count). The quantitative estimate of drug-likeness (QED) is 0.898. The number of carbonyl (C=O) groups excluding carboxylic acids is 1. The summed E-state index contributed by atoms with van der Waals surface area (Å²) in [5.74, 6) is -0.00802. The van der Waals surface area contributed by atoms with Gasteiger partial charge in [0, 0.05) is 18.2 Å². The fourth-order valence-corrected chi connectivity index (χ4v) is 2.62. The first-order valence-corrected chi connectivity index (χ1v) is 7.21. The normalized spacial score (nSPS) is 17.6. The third-order valence-electron chi connectivity index (χ3n) is 3.77. The Morgan fingerprint density at radius 2 is 2.32 bits per heavy atom. The lowest BCUT2D eigenvalue weighted by Crippen LogP contribution is -2.45. The van der Waals surface area contributed by atoms with Crippen LogP contribution in [0, 0.1) is 6.92 Å². The average Bonchev–Trinajstić information content (AvgIpc) is 3.02. The number of rotatable bonds is 3. The molecule has 1 amide bonds. The van der Waals surface area contributed by atoms with E-state index in [0.29, 0.717) is 5.56 Å². The number of benzene rings is 1. The summed E-state index contributed by atoms with van der Waals surface area (Å²) in [6, 6.07) is 5.90. The number of nitrogens with one attached hydrogen (secondary N) is 2. The first-order chi connectivity index (χ1) is 10.2.